The topological polar surface area (TPSA) is 78.7 Å². The summed E-state index contributed by atoms with van der Waals surface area (Å²) in [5.41, 5.74) is 7.13. The molecule has 1 aromatic carbocycles. The molecule has 0 saturated carbocycles. The number of rotatable bonds is 7. The lowest BCUT2D eigenvalue weighted by Crippen LogP contribution is -2.24. The van der Waals surface area contributed by atoms with Crippen molar-refractivity contribution in [3.05, 3.63) is 18.2 Å². The maximum Gasteiger partial charge on any atom is 0.242 e. The van der Waals surface area contributed by atoms with E-state index >= 15 is 0 Å². The number of benzene rings is 1. The zero-order valence-electron chi connectivity index (χ0n) is 13.4. The molecular weight excluding hydrogens is 288 g/mol. The SMILES string of the molecule is CC(CCN(C)C)Nc1cc(S(=O)(=O)N(C)C)ccc1N. The van der Waals surface area contributed by atoms with Crippen LogP contribution in [0, 0.1) is 0 Å². The highest BCUT2D eigenvalue weighted by Gasteiger charge is 2.18. The molecule has 0 aliphatic rings. The van der Waals surface area contributed by atoms with E-state index < -0.39 is 10.0 Å². The molecular formula is C14H26N4O2S. The minimum absolute atomic E-state index is 0.201. The predicted octanol–water partition coefficient (Wildman–Crippen LogP) is 1.27. The number of nitrogens with one attached hydrogen (secondary N) is 1. The zero-order chi connectivity index (χ0) is 16.2. The summed E-state index contributed by atoms with van der Waals surface area (Å²) in [5.74, 6) is 0. The molecule has 21 heavy (non-hydrogen) atoms. The highest BCUT2D eigenvalue weighted by Crippen LogP contribution is 2.25. The summed E-state index contributed by atoms with van der Waals surface area (Å²) in [6, 6.07) is 4.95. The summed E-state index contributed by atoms with van der Waals surface area (Å²) in [6.07, 6.45) is 0.942. The number of hydrogen-bond donors (Lipinski definition) is 2. The van der Waals surface area contributed by atoms with Crippen molar-refractivity contribution in [1.29, 1.82) is 0 Å². The number of sulfonamides is 1. The number of anilines is 2. The lowest BCUT2D eigenvalue weighted by atomic mass is 10.2. The van der Waals surface area contributed by atoms with Crippen molar-refractivity contribution in [2.75, 3.05) is 45.8 Å². The molecule has 0 spiro atoms. The van der Waals surface area contributed by atoms with Crippen LogP contribution in [0.3, 0.4) is 0 Å². The second kappa shape index (κ2) is 7.11. The van der Waals surface area contributed by atoms with Gasteiger partial charge in [-0.25, -0.2) is 12.7 Å². The standard InChI is InChI=1S/C14H26N4O2S/c1-11(8-9-17(2)3)16-14-10-12(6-7-13(14)15)21(19,20)18(4)5/h6-7,10-11,16H,8-9,15H2,1-5H3. The van der Waals surface area contributed by atoms with Gasteiger partial charge in [-0.15, -0.1) is 0 Å². The van der Waals surface area contributed by atoms with E-state index in [1.54, 1.807) is 12.1 Å². The van der Waals surface area contributed by atoms with Gasteiger partial charge < -0.3 is 16.0 Å². The Kier molecular flexibility index (Phi) is 6.00. The van der Waals surface area contributed by atoms with Crippen molar-refractivity contribution in [3.8, 4) is 0 Å². The van der Waals surface area contributed by atoms with Gasteiger partial charge in [0.05, 0.1) is 16.3 Å². The first kappa shape index (κ1) is 17.7. The zero-order valence-corrected chi connectivity index (χ0v) is 14.2. The Bertz CT molecular complexity index is 570. The van der Waals surface area contributed by atoms with Crippen LogP contribution in [0.4, 0.5) is 11.4 Å². The van der Waals surface area contributed by atoms with Crippen molar-refractivity contribution < 1.29 is 8.42 Å². The third-order valence-corrected chi connectivity index (χ3v) is 5.03. The summed E-state index contributed by atoms with van der Waals surface area (Å²) in [5, 5.41) is 3.28. The van der Waals surface area contributed by atoms with Gasteiger partial charge >= 0.3 is 0 Å². The van der Waals surface area contributed by atoms with Crippen molar-refractivity contribution in [2.24, 2.45) is 0 Å². The lowest BCUT2D eigenvalue weighted by Gasteiger charge is -2.20. The Morgan fingerprint density at radius 2 is 1.86 bits per heavy atom. The molecule has 0 bridgehead atoms. The predicted molar refractivity (Wildman–Crippen MR) is 88.0 cm³/mol. The summed E-state index contributed by atoms with van der Waals surface area (Å²) >= 11 is 0. The van der Waals surface area contributed by atoms with Crippen molar-refractivity contribution in [1.82, 2.24) is 9.21 Å². The molecule has 0 radical (unpaired) electrons. The highest BCUT2D eigenvalue weighted by atomic mass is 32.2. The molecule has 0 amide bonds. The monoisotopic (exact) mass is 314 g/mol. The third kappa shape index (κ3) is 4.87. The second-order valence-electron chi connectivity index (χ2n) is 5.67. The molecule has 0 fully saturated rings. The second-order valence-corrected chi connectivity index (χ2v) is 7.83. The van der Waals surface area contributed by atoms with E-state index in [0.29, 0.717) is 11.4 Å². The van der Waals surface area contributed by atoms with Crippen LogP contribution in [0.5, 0.6) is 0 Å². The molecule has 0 aliphatic heterocycles. The van der Waals surface area contributed by atoms with Crippen LogP contribution in [0.1, 0.15) is 13.3 Å². The Morgan fingerprint density at radius 1 is 1.24 bits per heavy atom. The molecule has 0 heterocycles. The fraction of sp³-hybridized carbons (Fsp3) is 0.571. The molecule has 1 rings (SSSR count). The largest absolute Gasteiger partial charge is 0.397 e. The van der Waals surface area contributed by atoms with E-state index in [-0.39, 0.29) is 10.9 Å². The molecule has 3 N–H and O–H groups in total. The number of nitrogens with zero attached hydrogens (tertiary/aromatic N) is 2. The molecule has 1 unspecified atom stereocenters. The Hall–Kier alpha value is -1.31. The van der Waals surface area contributed by atoms with Crippen LogP contribution in [0.15, 0.2) is 23.1 Å². The minimum atomic E-state index is -3.45. The van der Waals surface area contributed by atoms with Gasteiger partial charge in [-0.1, -0.05) is 0 Å². The van der Waals surface area contributed by atoms with Gasteiger partial charge in [0.15, 0.2) is 0 Å². The smallest absolute Gasteiger partial charge is 0.242 e. The van der Waals surface area contributed by atoms with Crippen LogP contribution < -0.4 is 11.1 Å². The molecule has 0 aromatic heterocycles. The number of hydrogen-bond acceptors (Lipinski definition) is 5. The summed E-state index contributed by atoms with van der Waals surface area (Å²) in [4.78, 5) is 2.35. The Labute approximate surface area is 128 Å². The van der Waals surface area contributed by atoms with Gasteiger partial charge in [0.2, 0.25) is 10.0 Å². The number of nitrogens with two attached hydrogens (primary N) is 1. The van der Waals surface area contributed by atoms with Crippen LogP contribution in [0.25, 0.3) is 0 Å². The van der Waals surface area contributed by atoms with Crippen LogP contribution in [-0.4, -0.2) is 58.4 Å². The number of nitrogen functional groups attached to an aromatic ring is 1. The highest BCUT2D eigenvalue weighted by molar-refractivity contribution is 7.89. The van der Waals surface area contributed by atoms with Gasteiger partial charge in [0.25, 0.3) is 0 Å². The van der Waals surface area contributed by atoms with Gasteiger partial charge in [-0.2, -0.15) is 0 Å². The lowest BCUT2D eigenvalue weighted by molar-refractivity contribution is 0.390. The van der Waals surface area contributed by atoms with E-state index in [2.05, 4.69) is 17.1 Å². The van der Waals surface area contributed by atoms with E-state index in [4.69, 9.17) is 5.73 Å². The van der Waals surface area contributed by atoms with E-state index in [1.807, 2.05) is 14.1 Å². The summed E-state index contributed by atoms with van der Waals surface area (Å²) in [6.45, 7) is 3.00. The third-order valence-electron chi connectivity index (χ3n) is 3.21. The van der Waals surface area contributed by atoms with E-state index in [9.17, 15) is 8.42 Å². The molecule has 6 nitrogen and oxygen atoms in total. The van der Waals surface area contributed by atoms with Crippen molar-refractivity contribution >= 4 is 21.4 Å². The normalized spacial score (nSPS) is 13.7. The average molecular weight is 314 g/mol. The van der Waals surface area contributed by atoms with Crippen LogP contribution in [-0.2, 0) is 10.0 Å². The van der Waals surface area contributed by atoms with Gasteiger partial charge in [-0.05, 0) is 52.2 Å². The van der Waals surface area contributed by atoms with Gasteiger partial charge in [0, 0.05) is 20.1 Å². The molecule has 1 atom stereocenters. The van der Waals surface area contributed by atoms with Crippen molar-refractivity contribution in [3.63, 3.8) is 0 Å². The van der Waals surface area contributed by atoms with Crippen LogP contribution in [0.2, 0.25) is 0 Å². The molecule has 7 heteroatoms. The first-order valence-corrected chi connectivity index (χ1v) is 8.32. The molecule has 120 valence electrons. The molecule has 0 aliphatic carbocycles. The first-order chi connectivity index (χ1) is 9.64. The quantitative estimate of drug-likeness (QED) is 0.741. The first-order valence-electron chi connectivity index (χ1n) is 6.88. The van der Waals surface area contributed by atoms with Crippen LogP contribution >= 0.6 is 0 Å². The Morgan fingerprint density at radius 3 is 2.38 bits per heavy atom. The fourth-order valence-electron chi connectivity index (χ4n) is 1.82. The van der Waals surface area contributed by atoms with Gasteiger partial charge in [0.1, 0.15) is 0 Å². The van der Waals surface area contributed by atoms with Gasteiger partial charge in [-0.3, -0.25) is 0 Å². The minimum Gasteiger partial charge on any atom is -0.397 e. The summed E-state index contributed by atoms with van der Waals surface area (Å²) < 4.78 is 25.5. The molecule has 1 aromatic rings. The summed E-state index contributed by atoms with van der Waals surface area (Å²) in [7, 11) is 3.62. The van der Waals surface area contributed by atoms with Crippen molar-refractivity contribution in [2.45, 2.75) is 24.3 Å². The van der Waals surface area contributed by atoms with E-state index in [1.165, 1.54) is 24.5 Å². The maximum atomic E-state index is 12.1. The molecule has 0 saturated heterocycles. The Balaban J connectivity index is 2.93. The average Bonchev–Trinajstić information content (AvgIpc) is 2.38. The maximum absolute atomic E-state index is 12.1. The van der Waals surface area contributed by atoms with E-state index in [0.717, 1.165) is 13.0 Å². The fourth-order valence-corrected chi connectivity index (χ4v) is 2.75.